The van der Waals surface area contributed by atoms with Crippen LogP contribution in [-0.2, 0) is 4.79 Å². The van der Waals surface area contributed by atoms with E-state index in [0.29, 0.717) is 4.47 Å². The first-order valence-electron chi connectivity index (χ1n) is 6.18. The molecule has 0 aliphatic heterocycles. The van der Waals surface area contributed by atoms with E-state index in [4.69, 9.17) is 4.74 Å². The second-order valence-electron chi connectivity index (χ2n) is 4.77. The first-order chi connectivity index (χ1) is 9.65. The molecule has 1 N–H and O–H groups in total. The molecule has 0 saturated carbocycles. The SMILES string of the molecule is CC(Oc1c([C@@H](C)O)cc(Br)cc1[N+](=O)[O-])C(=O)N(C)C. The molecule has 2 atom stereocenters. The van der Waals surface area contributed by atoms with Crippen LogP contribution in [0.2, 0.25) is 0 Å². The molecule has 0 saturated heterocycles. The van der Waals surface area contributed by atoms with E-state index in [0.717, 1.165) is 0 Å². The van der Waals surface area contributed by atoms with Crippen molar-refractivity contribution in [2.45, 2.75) is 26.1 Å². The molecular weight excluding hydrogens is 344 g/mol. The van der Waals surface area contributed by atoms with Crippen LogP contribution < -0.4 is 4.74 Å². The normalized spacial score (nSPS) is 13.4. The van der Waals surface area contributed by atoms with Crippen LogP contribution in [0.1, 0.15) is 25.5 Å². The Hall–Kier alpha value is -1.67. The molecule has 1 amide bonds. The zero-order valence-corrected chi connectivity index (χ0v) is 13.7. The molecule has 1 aromatic carbocycles. The number of nitro groups is 1. The highest BCUT2D eigenvalue weighted by atomic mass is 79.9. The quantitative estimate of drug-likeness (QED) is 0.642. The van der Waals surface area contributed by atoms with Gasteiger partial charge in [0.25, 0.3) is 5.91 Å². The number of rotatable bonds is 5. The Morgan fingerprint density at radius 2 is 2.00 bits per heavy atom. The third-order valence-corrected chi connectivity index (χ3v) is 3.25. The highest BCUT2D eigenvalue weighted by molar-refractivity contribution is 9.10. The molecule has 0 heterocycles. The van der Waals surface area contributed by atoms with Crippen LogP contribution in [0.3, 0.4) is 0 Å². The van der Waals surface area contributed by atoms with Crippen molar-refractivity contribution in [1.82, 2.24) is 4.90 Å². The molecule has 1 aromatic rings. The monoisotopic (exact) mass is 360 g/mol. The molecule has 0 aliphatic rings. The summed E-state index contributed by atoms with van der Waals surface area (Å²) >= 11 is 3.16. The van der Waals surface area contributed by atoms with E-state index in [1.807, 2.05) is 0 Å². The van der Waals surface area contributed by atoms with Crippen molar-refractivity contribution >= 4 is 27.5 Å². The lowest BCUT2D eigenvalue weighted by Gasteiger charge is -2.20. The smallest absolute Gasteiger partial charge is 0.312 e. The van der Waals surface area contributed by atoms with Gasteiger partial charge in [-0.2, -0.15) is 0 Å². The highest BCUT2D eigenvalue weighted by Crippen LogP contribution is 2.38. The summed E-state index contributed by atoms with van der Waals surface area (Å²) in [6, 6.07) is 2.80. The van der Waals surface area contributed by atoms with Crippen LogP contribution in [0.25, 0.3) is 0 Å². The lowest BCUT2D eigenvalue weighted by molar-refractivity contribution is -0.386. The second-order valence-corrected chi connectivity index (χ2v) is 5.68. The van der Waals surface area contributed by atoms with Crippen molar-refractivity contribution in [3.05, 3.63) is 32.3 Å². The maximum absolute atomic E-state index is 11.8. The minimum atomic E-state index is -0.974. The molecule has 0 fully saturated rings. The van der Waals surface area contributed by atoms with E-state index in [1.165, 1.54) is 30.9 Å². The standard InChI is InChI=1S/C13H17BrN2O5/c1-7(17)10-5-9(14)6-11(16(19)20)12(10)21-8(2)13(18)15(3)4/h5-8,17H,1-4H3/t7-,8?/m1/s1. The Morgan fingerprint density at radius 3 is 2.43 bits per heavy atom. The minimum Gasteiger partial charge on any atom is -0.473 e. The molecule has 21 heavy (non-hydrogen) atoms. The number of aliphatic hydroxyl groups excluding tert-OH is 1. The second kappa shape index (κ2) is 6.86. The van der Waals surface area contributed by atoms with Gasteiger partial charge in [0.05, 0.1) is 11.0 Å². The Bertz CT molecular complexity index is 560. The lowest BCUT2D eigenvalue weighted by atomic mass is 10.1. The predicted molar refractivity (Wildman–Crippen MR) is 80.2 cm³/mol. The van der Waals surface area contributed by atoms with Gasteiger partial charge in [-0.25, -0.2) is 0 Å². The van der Waals surface area contributed by atoms with Crippen LogP contribution in [0.15, 0.2) is 16.6 Å². The molecular formula is C13H17BrN2O5. The van der Waals surface area contributed by atoms with Gasteiger partial charge in [-0.3, -0.25) is 14.9 Å². The zero-order chi connectivity index (χ0) is 16.3. The molecule has 1 rings (SSSR count). The average molecular weight is 361 g/mol. The Kier molecular flexibility index (Phi) is 5.68. The number of hydrogen-bond acceptors (Lipinski definition) is 5. The Labute approximate surface area is 130 Å². The highest BCUT2D eigenvalue weighted by Gasteiger charge is 2.27. The summed E-state index contributed by atoms with van der Waals surface area (Å²) in [4.78, 5) is 23.7. The third kappa shape index (κ3) is 4.15. The fourth-order valence-electron chi connectivity index (χ4n) is 1.76. The van der Waals surface area contributed by atoms with E-state index in [1.54, 1.807) is 14.1 Å². The molecule has 0 aliphatic carbocycles. The largest absolute Gasteiger partial charge is 0.473 e. The summed E-state index contributed by atoms with van der Waals surface area (Å²) in [6.45, 7) is 2.97. The zero-order valence-electron chi connectivity index (χ0n) is 12.2. The molecule has 8 heteroatoms. The molecule has 0 aromatic heterocycles. The number of nitrogens with zero attached hydrogens (tertiary/aromatic N) is 2. The van der Waals surface area contributed by atoms with Gasteiger partial charge in [-0.15, -0.1) is 0 Å². The van der Waals surface area contributed by atoms with Gasteiger partial charge in [0.15, 0.2) is 6.10 Å². The van der Waals surface area contributed by atoms with Crippen molar-refractivity contribution in [2.75, 3.05) is 14.1 Å². The lowest BCUT2D eigenvalue weighted by Crippen LogP contribution is -2.35. The van der Waals surface area contributed by atoms with Gasteiger partial charge in [0, 0.05) is 30.2 Å². The van der Waals surface area contributed by atoms with Crippen LogP contribution in [0.5, 0.6) is 5.75 Å². The van der Waals surface area contributed by atoms with Crippen molar-refractivity contribution in [3.63, 3.8) is 0 Å². The number of halogens is 1. The van der Waals surface area contributed by atoms with E-state index in [9.17, 15) is 20.0 Å². The average Bonchev–Trinajstić information content (AvgIpc) is 2.38. The van der Waals surface area contributed by atoms with Crippen LogP contribution in [0, 0.1) is 10.1 Å². The molecule has 7 nitrogen and oxygen atoms in total. The summed E-state index contributed by atoms with van der Waals surface area (Å²) < 4.78 is 5.91. The number of nitro benzene ring substituents is 1. The third-order valence-electron chi connectivity index (χ3n) is 2.79. The van der Waals surface area contributed by atoms with Gasteiger partial charge in [0.1, 0.15) is 0 Å². The molecule has 116 valence electrons. The van der Waals surface area contributed by atoms with E-state index in [2.05, 4.69) is 15.9 Å². The number of carbonyl (C=O) groups is 1. The number of amides is 1. The maximum atomic E-state index is 11.8. The topological polar surface area (TPSA) is 92.9 Å². The van der Waals surface area contributed by atoms with Crippen LogP contribution in [-0.4, -0.2) is 41.0 Å². The molecule has 0 radical (unpaired) electrons. The van der Waals surface area contributed by atoms with Crippen molar-refractivity contribution in [1.29, 1.82) is 0 Å². The fourth-order valence-corrected chi connectivity index (χ4v) is 2.23. The maximum Gasteiger partial charge on any atom is 0.312 e. The van der Waals surface area contributed by atoms with Crippen molar-refractivity contribution < 1.29 is 19.6 Å². The van der Waals surface area contributed by atoms with Gasteiger partial charge >= 0.3 is 5.69 Å². The van der Waals surface area contributed by atoms with E-state index in [-0.39, 0.29) is 22.9 Å². The van der Waals surface area contributed by atoms with Crippen LogP contribution >= 0.6 is 15.9 Å². The summed E-state index contributed by atoms with van der Waals surface area (Å²) in [5.41, 5.74) is -0.0619. The Balaban J connectivity index is 3.32. The predicted octanol–water partition coefficient (Wildman–Crippen LogP) is 2.27. The molecule has 0 spiro atoms. The Morgan fingerprint density at radius 1 is 1.43 bits per heavy atom. The summed E-state index contributed by atoms with van der Waals surface area (Å²) in [5.74, 6) is -0.426. The number of ether oxygens (including phenoxy) is 1. The van der Waals surface area contributed by atoms with Crippen LogP contribution in [0.4, 0.5) is 5.69 Å². The minimum absolute atomic E-state index is 0.0964. The number of hydrogen-bond donors (Lipinski definition) is 1. The summed E-state index contributed by atoms with van der Waals surface area (Å²) in [5, 5.41) is 20.9. The first kappa shape index (κ1) is 17.4. The van der Waals surface area contributed by atoms with Gasteiger partial charge in [-0.1, -0.05) is 15.9 Å². The fraction of sp³-hybridized carbons (Fsp3) is 0.462. The number of carbonyl (C=O) groups excluding carboxylic acids is 1. The van der Waals surface area contributed by atoms with Gasteiger partial charge in [0.2, 0.25) is 5.75 Å². The van der Waals surface area contributed by atoms with Gasteiger partial charge < -0.3 is 14.7 Å². The number of benzene rings is 1. The molecule has 0 bridgehead atoms. The number of aliphatic hydroxyl groups is 1. The van der Waals surface area contributed by atoms with Gasteiger partial charge in [-0.05, 0) is 19.9 Å². The summed E-state index contributed by atoms with van der Waals surface area (Å²) in [7, 11) is 3.13. The van der Waals surface area contributed by atoms with E-state index < -0.39 is 17.1 Å². The number of likely N-dealkylation sites (N-methyl/N-ethyl adjacent to an activating group) is 1. The first-order valence-corrected chi connectivity index (χ1v) is 6.98. The van der Waals surface area contributed by atoms with Crippen molar-refractivity contribution in [2.24, 2.45) is 0 Å². The van der Waals surface area contributed by atoms with E-state index >= 15 is 0 Å². The van der Waals surface area contributed by atoms with Crippen molar-refractivity contribution in [3.8, 4) is 5.75 Å². The molecule has 1 unspecified atom stereocenters. The summed E-state index contributed by atoms with van der Waals surface area (Å²) in [6.07, 6.45) is -1.88.